The Labute approximate surface area is 130 Å². The number of hydrogen-bond donors (Lipinski definition) is 2. The van der Waals surface area contributed by atoms with Gasteiger partial charge in [-0.2, -0.15) is 0 Å². The minimum Gasteiger partial charge on any atom is -0.477 e. The predicted octanol–water partition coefficient (Wildman–Crippen LogP) is 2.04. The number of carboxylic acid groups (broad SMARTS) is 1. The lowest BCUT2D eigenvalue weighted by Crippen LogP contribution is -2.26. The average molecular weight is 346 g/mol. The fourth-order valence-corrected chi connectivity index (χ4v) is 4.96. The Balaban J connectivity index is 2.06. The lowest BCUT2D eigenvalue weighted by Gasteiger charge is -2.04. The van der Waals surface area contributed by atoms with Crippen molar-refractivity contribution in [2.24, 2.45) is 0 Å². The Morgan fingerprint density at radius 2 is 2.14 bits per heavy atom. The van der Waals surface area contributed by atoms with Gasteiger partial charge in [0.15, 0.2) is 0 Å². The van der Waals surface area contributed by atoms with E-state index in [9.17, 15) is 13.2 Å². The maximum Gasteiger partial charge on any atom is 0.345 e. The molecule has 0 aromatic carbocycles. The molecule has 2 aromatic heterocycles. The van der Waals surface area contributed by atoms with Crippen molar-refractivity contribution >= 4 is 38.7 Å². The molecule has 0 saturated carbocycles. The summed E-state index contributed by atoms with van der Waals surface area (Å²) in [5.74, 6) is -1.12. The van der Waals surface area contributed by atoms with E-state index in [0.717, 1.165) is 22.0 Å². The predicted molar refractivity (Wildman–Crippen MR) is 81.8 cm³/mol. The van der Waals surface area contributed by atoms with Gasteiger partial charge in [-0.15, -0.1) is 22.7 Å². The van der Waals surface area contributed by atoms with Crippen LogP contribution in [0.25, 0.3) is 0 Å². The quantitative estimate of drug-likeness (QED) is 0.834. The van der Waals surface area contributed by atoms with Crippen molar-refractivity contribution in [3.63, 3.8) is 0 Å². The Morgan fingerprint density at radius 1 is 1.43 bits per heavy atom. The van der Waals surface area contributed by atoms with Crippen molar-refractivity contribution in [3.05, 3.63) is 31.9 Å². The summed E-state index contributed by atoms with van der Waals surface area (Å²) in [5.41, 5.74) is 0.914. The molecule has 6 nitrogen and oxygen atoms in total. The van der Waals surface area contributed by atoms with Crippen molar-refractivity contribution in [2.45, 2.75) is 25.2 Å². The minimum absolute atomic E-state index is 0.0171. The van der Waals surface area contributed by atoms with Gasteiger partial charge in [-0.1, -0.05) is 0 Å². The topological polar surface area (TPSA) is 96.4 Å². The van der Waals surface area contributed by atoms with Crippen LogP contribution >= 0.6 is 22.7 Å². The molecule has 9 heteroatoms. The number of nitrogens with one attached hydrogen (secondary N) is 1. The van der Waals surface area contributed by atoms with Crippen molar-refractivity contribution in [3.8, 4) is 0 Å². The Bertz CT molecular complexity index is 761. The molecule has 0 fully saturated rings. The van der Waals surface area contributed by atoms with Gasteiger partial charge < -0.3 is 5.11 Å². The highest BCUT2D eigenvalue weighted by Crippen LogP contribution is 2.25. The maximum atomic E-state index is 12.2. The van der Waals surface area contributed by atoms with E-state index < -0.39 is 16.0 Å². The third-order valence-corrected chi connectivity index (χ3v) is 6.45. The monoisotopic (exact) mass is 346 g/mol. The number of rotatable bonds is 6. The first-order valence-corrected chi connectivity index (χ1v) is 9.22. The van der Waals surface area contributed by atoms with Gasteiger partial charge in [-0.05, 0) is 19.9 Å². The number of aryl methyl sites for hydroxylation is 2. The van der Waals surface area contributed by atoms with Crippen molar-refractivity contribution in [1.82, 2.24) is 9.71 Å². The zero-order chi connectivity index (χ0) is 15.6. The van der Waals surface area contributed by atoms with Crippen LogP contribution < -0.4 is 4.72 Å². The summed E-state index contributed by atoms with van der Waals surface area (Å²) in [5, 5.41) is 11.7. The van der Waals surface area contributed by atoms with Crippen LogP contribution in [-0.4, -0.2) is 31.0 Å². The minimum atomic E-state index is -3.69. The molecular weight excluding hydrogens is 332 g/mol. The van der Waals surface area contributed by atoms with Gasteiger partial charge in [0.25, 0.3) is 0 Å². The molecule has 114 valence electrons. The fourth-order valence-electron chi connectivity index (χ4n) is 1.73. The molecule has 0 atom stereocenters. The lowest BCUT2D eigenvalue weighted by molar-refractivity contribution is 0.0702. The highest BCUT2D eigenvalue weighted by Gasteiger charge is 2.21. The molecule has 0 spiro atoms. The molecule has 0 aliphatic heterocycles. The second-order valence-electron chi connectivity index (χ2n) is 4.37. The molecule has 2 aromatic rings. The van der Waals surface area contributed by atoms with Crippen molar-refractivity contribution < 1.29 is 18.3 Å². The third-order valence-electron chi connectivity index (χ3n) is 2.67. The summed E-state index contributed by atoms with van der Waals surface area (Å²) in [6, 6.07) is 1.19. The molecule has 2 N–H and O–H groups in total. The second-order valence-corrected chi connectivity index (χ2v) is 8.30. The fraction of sp³-hybridized carbons (Fsp3) is 0.333. The molecule has 0 bridgehead atoms. The average Bonchev–Trinajstić information content (AvgIpc) is 2.96. The van der Waals surface area contributed by atoms with Gasteiger partial charge in [0.1, 0.15) is 4.88 Å². The van der Waals surface area contributed by atoms with E-state index in [-0.39, 0.29) is 16.3 Å². The van der Waals surface area contributed by atoms with E-state index in [0.29, 0.717) is 11.3 Å². The van der Waals surface area contributed by atoms with Crippen LogP contribution in [0.5, 0.6) is 0 Å². The first-order chi connectivity index (χ1) is 9.79. The number of nitrogens with zero attached hydrogens (tertiary/aromatic N) is 1. The zero-order valence-electron chi connectivity index (χ0n) is 11.4. The van der Waals surface area contributed by atoms with Gasteiger partial charge in [0.05, 0.1) is 9.90 Å². The van der Waals surface area contributed by atoms with Gasteiger partial charge in [0, 0.05) is 28.9 Å². The second kappa shape index (κ2) is 6.22. The van der Waals surface area contributed by atoms with E-state index in [2.05, 4.69) is 9.71 Å². The summed E-state index contributed by atoms with van der Waals surface area (Å²) < 4.78 is 26.8. The van der Waals surface area contributed by atoms with Crippen LogP contribution in [0, 0.1) is 13.8 Å². The summed E-state index contributed by atoms with van der Waals surface area (Å²) in [7, 11) is -3.69. The summed E-state index contributed by atoms with van der Waals surface area (Å²) in [6.45, 7) is 3.70. The van der Waals surface area contributed by atoms with Gasteiger partial charge in [0.2, 0.25) is 10.0 Å². The van der Waals surface area contributed by atoms with Crippen LogP contribution in [0.1, 0.15) is 25.3 Å². The van der Waals surface area contributed by atoms with Crippen LogP contribution in [0.15, 0.2) is 16.3 Å². The van der Waals surface area contributed by atoms with Gasteiger partial charge >= 0.3 is 5.97 Å². The highest BCUT2D eigenvalue weighted by molar-refractivity contribution is 7.89. The Morgan fingerprint density at radius 3 is 2.67 bits per heavy atom. The molecule has 0 unspecified atom stereocenters. The molecule has 0 aliphatic rings. The molecule has 0 aliphatic carbocycles. The summed E-state index contributed by atoms with van der Waals surface area (Å²) in [6.07, 6.45) is 0.507. The standard InChI is InChI=1S/C12H14N2O4S3/c1-7-6-19-11(14-7)3-4-13-21(17,18)10-5-9(12(15)16)20-8(10)2/h5-6,13H,3-4H2,1-2H3,(H,15,16). The first-order valence-electron chi connectivity index (χ1n) is 6.04. The number of aromatic nitrogens is 1. The van der Waals surface area contributed by atoms with Crippen LogP contribution in [0.2, 0.25) is 0 Å². The number of carbonyl (C=O) groups is 1. The third kappa shape index (κ3) is 3.88. The Hall–Kier alpha value is -1.29. The largest absolute Gasteiger partial charge is 0.477 e. The van der Waals surface area contributed by atoms with Crippen molar-refractivity contribution in [1.29, 1.82) is 0 Å². The number of thiazole rings is 1. The first kappa shape index (κ1) is 16.1. The number of carboxylic acids is 1. The van der Waals surface area contributed by atoms with Crippen LogP contribution in [-0.2, 0) is 16.4 Å². The van der Waals surface area contributed by atoms with E-state index in [1.807, 2.05) is 12.3 Å². The van der Waals surface area contributed by atoms with Crippen LogP contribution in [0.4, 0.5) is 0 Å². The van der Waals surface area contributed by atoms with Crippen molar-refractivity contribution in [2.75, 3.05) is 6.54 Å². The molecule has 0 saturated heterocycles. The number of sulfonamides is 1. The molecular formula is C12H14N2O4S3. The molecule has 2 rings (SSSR count). The number of hydrogen-bond acceptors (Lipinski definition) is 6. The van der Waals surface area contributed by atoms with E-state index in [1.54, 1.807) is 6.92 Å². The van der Waals surface area contributed by atoms with Gasteiger partial charge in [-0.25, -0.2) is 22.9 Å². The molecule has 2 heterocycles. The SMILES string of the molecule is Cc1csc(CCNS(=O)(=O)c2cc(C(=O)O)sc2C)n1. The molecule has 0 amide bonds. The van der Waals surface area contributed by atoms with E-state index >= 15 is 0 Å². The molecule has 0 radical (unpaired) electrons. The smallest absolute Gasteiger partial charge is 0.345 e. The number of aromatic carboxylic acids is 1. The van der Waals surface area contributed by atoms with Gasteiger partial charge in [-0.3, -0.25) is 0 Å². The lowest BCUT2D eigenvalue weighted by atomic mass is 10.4. The van der Waals surface area contributed by atoms with E-state index in [1.165, 1.54) is 17.4 Å². The maximum absolute atomic E-state index is 12.2. The number of thiophene rings is 1. The Kier molecular flexibility index (Phi) is 4.77. The normalized spacial score (nSPS) is 11.7. The summed E-state index contributed by atoms with van der Waals surface area (Å²) in [4.78, 5) is 15.6. The molecule has 21 heavy (non-hydrogen) atoms. The summed E-state index contributed by atoms with van der Waals surface area (Å²) >= 11 is 2.44. The zero-order valence-corrected chi connectivity index (χ0v) is 13.9. The van der Waals surface area contributed by atoms with Crippen LogP contribution in [0.3, 0.4) is 0 Å². The van der Waals surface area contributed by atoms with E-state index in [4.69, 9.17) is 5.11 Å². The highest BCUT2D eigenvalue weighted by atomic mass is 32.2.